The average Bonchev–Trinajstić information content (AvgIpc) is 3.05. The second-order valence-electron chi connectivity index (χ2n) is 6.53. The number of amides is 1. The predicted molar refractivity (Wildman–Crippen MR) is 102 cm³/mol. The highest BCUT2D eigenvalue weighted by atomic mass is 32.2. The van der Waals surface area contributed by atoms with E-state index in [4.69, 9.17) is 0 Å². The van der Waals surface area contributed by atoms with Crippen molar-refractivity contribution in [3.63, 3.8) is 0 Å². The lowest BCUT2D eigenvalue weighted by atomic mass is 10.1. The first-order valence-corrected chi connectivity index (χ1v) is 10.1. The van der Waals surface area contributed by atoms with E-state index in [0.29, 0.717) is 12.3 Å². The molecule has 1 N–H and O–H groups in total. The molecule has 29 heavy (non-hydrogen) atoms. The molecule has 1 aliphatic rings. The SMILES string of the molecule is CN1CCCC1=NS(=O)(=O)c1ccc(NC(=O)c2ccccc2C(F)(F)F)cc1. The van der Waals surface area contributed by atoms with Crippen LogP contribution in [0.15, 0.2) is 57.8 Å². The van der Waals surface area contributed by atoms with Crippen LogP contribution in [0.4, 0.5) is 18.9 Å². The summed E-state index contributed by atoms with van der Waals surface area (Å²) in [4.78, 5) is 14.0. The fraction of sp³-hybridized carbons (Fsp3) is 0.263. The lowest BCUT2D eigenvalue weighted by Gasteiger charge is -2.13. The predicted octanol–water partition coefficient (Wildman–Crippen LogP) is 3.77. The summed E-state index contributed by atoms with van der Waals surface area (Å²) < 4.78 is 67.9. The van der Waals surface area contributed by atoms with Crippen LogP contribution in [0.1, 0.15) is 28.8 Å². The van der Waals surface area contributed by atoms with Gasteiger partial charge in [-0.15, -0.1) is 4.40 Å². The zero-order chi connectivity index (χ0) is 21.2. The third-order valence-corrected chi connectivity index (χ3v) is 5.77. The molecule has 1 fully saturated rings. The van der Waals surface area contributed by atoms with Crippen molar-refractivity contribution in [3.05, 3.63) is 59.7 Å². The Balaban J connectivity index is 1.79. The smallest absolute Gasteiger partial charge is 0.362 e. The van der Waals surface area contributed by atoms with Crippen LogP contribution in [0, 0.1) is 0 Å². The molecule has 0 unspecified atom stereocenters. The van der Waals surface area contributed by atoms with Crippen molar-refractivity contribution in [1.82, 2.24) is 4.90 Å². The Morgan fingerprint density at radius 1 is 1.10 bits per heavy atom. The lowest BCUT2D eigenvalue weighted by molar-refractivity contribution is -0.137. The molecule has 154 valence electrons. The number of likely N-dealkylation sites (tertiary alicyclic amines) is 1. The number of carbonyl (C=O) groups is 1. The molecule has 6 nitrogen and oxygen atoms in total. The Bertz CT molecular complexity index is 1050. The molecule has 0 atom stereocenters. The van der Waals surface area contributed by atoms with Gasteiger partial charge >= 0.3 is 6.18 Å². The summed E-state index contributed by atoms with van der Waals surface area (Å²) in [6.07, 6.45) is -3.27. The standard InChI is InChI=1S/C19H18F3N3O3S/c1-25-12-4-7-17(25)24-29(27,28)14-10-8-13(9-11-14)23-18(26)15-5-2-3-6-16(15)19(20,21)22/h2-3,5-6,8-11H,4,7,12H2,1H3,(H,23,26). The number of hydrogen-bond acceptors (Lipinski definition) is 3. The molecule has 2 aromatic carbocycles. The van der Waals surface area contributed by atoms with Gasteiger partial charge in [0, 0.05) is 25.7 Å². The number of hydrogen-bond donors (Lipinski definition) is 1. The molecule has 0 aliphatic carbocycles. The number of alkyl halides is 3. The van der Waals surface area contributed by atoms with Crippen molar-refractivity contribution >= 4 is 27.5 Å². The van der Waals surface area contributed by atoms with Crippen LogP contribution < -0.4 is 5.32 Å². The molecule has 0 radical (unpaired) electrons. The Labute approximate surface area is 166 Å². The monoisotopic (exact) mass is 425 g/mol. The number of nitrogens with one attached hydrogen (secondary N) is 1. The molecule has 1 heterocycles. The van der Waals surface area contributed by atoms with Gasteiger partial charge in [0.25, 0.3) is 15.9 Å². The molecule has 0 bridgehead atoms. The summed E-state index contributed by atoms with van der Waals surface area (Å²) >= 11 is 0. The maximum absolute atomic E-state index is 13.1. The Morgan fingerprint density at radius 2 is 1.76 bits per heavy atom. The van der Waals surface area contributed by atoms with E-state index in [1.165, 1.54) is 36.4 Å². The van der Waals surface area contributed by atoms with Crippen LogP contribution in [-0.2, 0) is 16.2 Å². The zero-order valence-electron chi connectivity index (χ0n) is 15.4. The second-order valence-corrected chi connectivity index (χ2v) is 8.13. The summed E-state index contributed by atoms with van der Waals surface area (Å²) in [6, 6.07) is 9.54. The number of carbonyl (C=O) groups excluding carboxylic acids is 1. The summed E-state index contributed by atoms with van der Waals surface area (Å²) in [5.74, 6) is -0.465. The van der Waals surface area contributed by atoms with Gasteiger partial charge in [-0.3, -0.25) is 4.79 Å². The molecule has 10 heteroatoms. The van der Waals surface area contributed by atoms with Gasteiger partial charge in [-0.2, -0.15) is 21.6 Å². The molecule has 0 aromatic heterocycles. The van der Waals surface area contributed by atoms with Crippen molar-refractivity contribution in [2.45, 2.75) is 23.9 Å². The van der Waals surface area contributed by atoms with Crippen molar-refractivity contribution in [3.8, 4) is 0 Å². The summed E-state index contributed by atoms with van der Waals surface area (Å²) in [5.41, 5.74) is -1.41. The third-order valence-electron chi connectivity index (χ3n) is 4.45. The largest absolute Gasteiger partial charge is 0.417 e. The number of rotatable bonds is 4. The van der Waals surface area contributed by atoms with E-state index in [1.807, 2.05) is 0 Å². The molecular weight excluding hydrogens is 407 g/mol. The number of amidine groups is 1. The average molecular weight is 425 g/mol. The molecule has 1 amide bonds. The lowest BCUT2D eigenvalue weighted by Crippen LogP contribution is -2.20. The van der Waals surface area contributed by atoms with Crippen LogP contribution in [0.2, 0.25) is 0 Å². The van der Waals surface area contributed by atoms with Crippen molar-refractivity contribution in [2.75, 3.05) is 18.9 Å². The second kappa shape index (κ2) is 7.86. The Morgan fingerprint density at radius 3 is 2.34 bits per heavy atom. The maximum atomic E-state index is 13.1. The molecular formula is C19H18F3N3O3S. The van der Waals surface area contributed by atoms with Gasteiger partial charge < -0.3 is 10.2 Å². The number of nitrogens with zero attached hydrogens (tertiary/aromatic N) is 2. The van der Waals surface area contributed by atoms with Gasteiger partial charge in [-0.05, 0) is 42.8 Å². The van der Waals surface area contributed by atoms with Crippen LogP contribution >= 0.6 is 0 Å². The summed E-state index contributed by atoms with van der Waals surface area (Å²) in [6.45, 7) is 0.735. The normalized spacial score (nSPS) is 16.3. The van der Waals surface area contributed by atoms with Crippen LogP contribution in [0.25, 0.3) is 0 Å². The first-order chi connectivity index (χ1) is 13.6. The first-order valence-electron chi connectivity index (χ1n) is 8.70. The van der Waals surface area contributed by atoms with Crippen LogP contribution in [0.5, 0.6) is 0 Å². The van der Waals surface area contributed by atoms with Crippen molar-refractivity contribution in [2.24, 2.45) is 4.40 Å². The Hall–Kier alpha value is -2.88. The highest BCUT2D eigenvalue weighted by molar-refractivity contribution is 7.90. The molecule has 1 saturated heterocycles. The van der Waals surface area contributed by atoms with Crippen molar-refractivity contribution in [1.29, 1.82) is 0 Å². The van der Waals surface area contributed by atoms with Gasteiger partial charge in [0.15, 0.2) is 0 Å². The van der Waals surface area contributed by atoms with Gasteiger partial charge in [0.05, 0.1) is 16.0 Å². The van der Waals surface area contributed by atoms with Gasteiger partial charge in [0.2, 0.25) is 0 Å². The number of benzene rings is 2. The third kappa shape index (κ3) is 4.76. The van der Waals surface area contributed by atoms with Crippen LogP contribution in [-0.4, -0.2) is 38.7 Å². The minimum absolute atomic E-state index is 0.0704. The molecule has 0 spiro atoms. The van der Waals surface area contributed by atoms with E-state index in [9.17, 15) is 26.4 Å². The Kier molecular flexibility index (Phi) is 5.65. The van der Waals surface area contributed by atoms with E-state index in [-0.39, 0.29) is 10.6 Å². The molecule has 1 aliphatic heterocycles. The van der Waals surface area contributed by atoms with E-state index in [2.05, 4.69) is 9.71 Å². The topological polar surface area (TPSA) is 78.8 Å². The van der Waals surface area contributed by atoms with Crippen LogP contribution in [0.3, 0.4) is 0 Å². The molecule has 3 rings (SSSR count). The molecule has 2 aromatic rings. The fourth-order valence-electron chi connectivity index (χ4n) is 2.94. The maximum Gasteiger partial charge on any atom is 0.417 e. The number of sulfonamides is 1. The number of anilines is 1. The quantitative estimate of drug-likeness (QED) is 0.809. The number of halogens is 3. The minimum atomic E-state index is -4.67. The van der Waals surface area contributed by atoms with Gasteiger partial charge in [0.1, 0.15) is 5.84 Å². The van der Waals surface area contributed by atoms with Crippen molar-refractivity contribution < 1.29 is 26.4 Å². The zero-order valence-corrected chi connectivity index (χ0v) is 16.2. The van der Waals surface area contributed by atoms with E-state index >= 15 is 0 Å². The van der Waals surface area contributed by atoms with E-state index < -0.39 is 33.2 Å². The summed E-state index contributed by atoms with van der Waals surface area (Å²) in [5, 5.41) is 2.35. The van der Waals surface area contributed by atoms with E-state index in [0.717, 1.165) is 25.1 Å². The van der Waals surface area contributed by atoms with E-state index in [1.54, 1.807) is 11.9 Å². The minimum Gasteiger partial charge on any atom is -0.362 e. The highest BCUT2D eigenvalue weighted by Gasteiger charge is 2.34. The highest BCUT2D eigenvalue weighted by Crippen LogP contribution is 2.32. The first kappa shape index (κ1) is 20.8. The van der Waals surface area contributed by atoms with Gasteiger partial charge in [-0.1, -0.05) is 12.1 Å². The fourth-order valence-corrected chi connectivity index (χ4v) is 4.03. The summed E-state index contributed by atoms with van der Waals surface area (Å²) in [7, 11) is -2.15. The molecule has 0 saturated carbocycles. The van der Waals surface area contributed by atoms with Gasteiger partial charge in [-0.25, -0.2) is 0 Å².